The largest absolute Gasteiger partial charge is 0.456 e. The fourth-order valence-electron chi connectivity index (χ4n) is 8.87. The third kappa shape index (κ3) is 4.90. The molecule has 0 radical (unpaired) electrons. The maximum absolute atomic E-state index is 6.45. The molecule has 1 unspecified atom stereocenters. The van der Waals surface area contributed by atoms with Crippen LogP contribution in [0, 0.1) is 0 Å². The van der Waals surface area contributed by atoms with Crippen LogP contribution < -0.4 is 0 Å². The minimum Gasteiger partial charge on any atom is -0.456 e. The minimum atomic E-state index is -0.302. The van der Waals surface area contributed by atoms with Gasteiger partial charge in [0, 0.05) is 32.9 Å². The van der Waals surface area contributed by atoms with Crippen LogP contribution in [0.3, 0.4) is 0 Å². The van der Waals surface area contributed by atoms with Crippen LogP contribution in [0.15, 0.2) is 192 Å². The number of rotatable bonds is 5. The molecule has 8 aromatic carbocycles. The van der Waals surface area contributed by atoms with Crippen molar-refractivity contribution < 1.29 is 4.42 Å². The SMILES string of the molecule is CC1(c2ccccc2)c2ccccc2-c2c(-c3cc(-c4cccc(-c5ccc6c(c5)oc5ccc7ccccc7c56)c4)nc(-c4ccccc4)n3)cccc21. The van der Waals surface area contributed by atoms with Crippen molar-refractivity contribution in [2.75, 3.05) is 0 Å². The van der Waals surface area contributed by atoms with E-state index in [0.717, 1.165) is 61.1 Å². The molecule has 0 saturated carbocycles. The van der Waals surface area contributed by atoms with Gasteiger partial charge in [-0.15, -0.1) is 0 Å². The van der Waals surface area contributed by atoms with E-state index in [1.54, 1.807) is 0 Å². The minimum absolute atomic E-state index is 0.302. The van der Waals surface area contributed by atoms with E-state index in [9.17, 15) is 0 Å². The lowest BCUT2D eigenvalue weighted by atomic mass is 9.74. The highest BCUT2D eigenvalue weighted by molar-refractivity contribution is 6.19. The van der Waals surface area contributed by atoms with E-state index in [0.29, 0.717) is 5.82 Å². The molecule has 11 rings (SSSR count). The highest BCUT2D eigenvalue weighted by atomic mass is 16.3. The summed E-state index contributed by atoms with van der Waals surface area (Å²) in [6.07, 6.45) is 0. The molecule has 0 fully saturated rings. The molecule has 3 heteroatoms. The maximum Gasteiger partial charge on any atom is 0.160 e. The molecule has 1 aliphatic carbocycles. The summed E-state index contributed by atoms with van der Waals surface area (Å²) in [6, 6.07) is 66.8. The number of nitrogens with zero attached hydrogens (tertiary/aromatic N) is 2. The Kier molecular flexibility index (Phi) is 6.99. The zero-order chi connectivity index (χ0) is 36.5. The van der Waals surface area contributed by atoms with Crippen molar-refractivity contribution in [3.8, 4) is 56.2 Å². The molecule has 258 valence electrons. The van der Waals surface area contributed by atoms with Gasteiger partial charge in [0.05, 0.1) is 11.4 Å². The number of fused-ring (bicyclic) bond motifs is 8. The van der Waals surface area contributed by atoms with Gasteiger partial charge in [-0.2, -0.15) is 0 Å². The molecular formula is C52H34N2O. The Bertz CT molecular complexity index is 3110. The zero-order valence-electron chi connectivity index (χ0n) is 30.2. The van der Waals surface area contributed by atoms with E-state index in [-0.39, 0.29) is 5.41 Å². The molecule has 0 N–H and O–H groups in total. The van der Waals surface area contributed by atoms with E-state index in [4.69, 9.17) is 14.4 Å². The van der Waals surface area contributed by atoms with Gasteiger partial charge in [0.25, 0.3) is 0 Å². The number of aromatic nitrogens is 2. The number of furan rings is 1. The highest BCUT2D eigenvalue weighted by Gasteiger charge is 2.41. The van der Waals surface area contributed by atoms with E-state index in [1.807, 2.05) is 18.2 Å². The lowest BCUT2D eigenvalue weighted by molar-refractivity contribution is 0.669. The lowest BCUT2D eigenvalue weighted by Gasteiger charge is -2.28. The van der Waals surface area contributed by atoms with Gasteiger partial charge >= 0.3 is 0 Å². The Balaban J connectivity index is 1.07. The van der Waals surface area contributed by atoms with Gasteiger partial charge in [-0.3, -0.25) is 0 Å². The summed E-state index contributed by atoms with van der Waals surface area (Å²) in [7, 11) is 0. The van der Waals surface area contributed by atoms with Crippen LogP contribution in [-0.2, 0) is 5.41 Å². The topological polar surface area (TPSA) is 38.9 Å². The summed E-state index contributed by atoms with van der Waals surface area (Å²) < 4.78 is 6.45. The highest BCUT2D eigenvalue weighted by Crippen LogP contribution is 2.55. The number of hydrogen-bond acceptors (Lipinski definition) is 3. The zero-order valence-corrected chi connectivity index (χ0v) is 30.2. The van der Waals surface area contributed by atoms with Crippen molar-refractivity contribution in [1.82, 2.24) is 9.97 Å². The van der Waals surface area contributed by atoms with Crippen LogP contribution in [0.25, 0.3) is 88.9 Å². The smallest absolute Gasteiger partial charge is 0.160 e. The summed E-state index contributed by atoms with van der Waals surface area (Å²) in [6.45, 7) is 2.36. The standard InChI is InChI=1S/C52H34N2O/c1-52(38-19-6-3-7-20-38)43-24-11-10-22-40(43)49-41(23-13-25-44(49)52)46-32-45(53-51(54-46)34-15-4-2-5-16-34)37-18-12-17-35(30-37)36-26-28-42-48(31-36)55-47-29-27-33-14-8-9-21-39(33)50(42)47/h2-32H,1H3. The van der Waals surface area contributed by atoms with E-state index < -0.39 is 0 Å². The van der Waals surface area contributed by atoms with Gasteiger partial charge < -0.3 is 4.42 Å². The molecule has 0 saturated heterocycles. The monoisotopic (exact) mass is 702 g/mol. The summed E-state index contributed by atoms with van der Waals surface area (Å²) in [5, 5.41) is 4.71. The van der Waals surface area contributed by atoms with Crippen molar-refractivity contribution >= 4 is 32.7 Å². The fourth-order valence-corrected chi connectivity index (χ4v) is 8.87. The molecule has 0 bridgehead atoms. The molecule has 55 heavy (non-hydrogen) atoms. The summed E-state index contributed by atoms with van der Waals surface area (Å²) in [5.74, 6) is 0.698. The molecule has 2 heterocycles. The molecular weight excluding hydrogens is 669 g/mol. The molecule has 0 aliphatic heterocycles. The van der Waals surface area contributed by atoms with Crippen molar-refractivity contribution in [2.24, 2.45) is 0 Å². The van der Waals surface area contributed by atoms with Crippen molar-refractivity contribution in [3.05, 3.63) is 205 Å². The second kappa shape index (κ2) is 12.2. The average molecular weight is 703 g/mol. The van der Waals surface area contributed by atoms with E-state index in [2.05, 4.69) is 177 Å². The first-order chi connectivity index (χ1) is 27.1. The van der Waals surface area contributed by atoms with Gasteiger partial charge in [-0.05, 0) is 87.0 Å². The molecule has 1 aliphatic rings. The molecule has 0 amide bonds. The van der Waals surface area contributed by atoms with E-state index in [1.165, 1.54) is 38.6 Å². The Morgan fingerprint density at radius 2 is 1.11 bits per heavy atom. The first-order valence-corrected chi connectivity index (χ1v) is 18.8. The Morgan fingerprint density at radius 1 is 0.436 bits per heavy atom. The van der Waals surface area contributed by atoms with Crippen molar-refractivity contribution in [1.29, 1.82) is 0 Å². The van der Waals surface area contributed by atoms with Gasteiger partial charge in [-0.25, -0.2) is 9.97 Å². The van der Waals surface area contributed by atoms with Crippen LogP contribution in [0.1, 0.15) is 23.6 Å². The number of hydrogen-bond donors (Lipinski definition) is 0. The molecule has 0 spiro atoms. The molecule has 1 atom stereocenters. The summed E-state index contributed by atoms with van der Waals surface area (Å²) in [5.41, 5.74) is 14.9. The Hall–Kier alpha value is -7.10. The van der Waals surface area contributed by atoms with Crippen molar-refractivity contribution in [2.45, 2.75) is 12.3 Å². The maximum atomic E-state index is 6.45. The Labute approximate surface area is 319 Å². The van der Waals surface area contributed by atoms with Crippen LogP contribution in [0.4, 0.5) is 0 Å². The van der Waals surface area contributed by atoms with Gasteiger partial charge in [0.15, 0.2) is 5.82 Å². The van der Waals surface area contributed by atoms with Crippen LogP contribution in [-0.4, -0.2) is 9.97 Å². The fraction of sp³-hybridized carbons (Fsp3) is 0.0385. The van der Waals surface area contributed by atoms with E-state index >= 15 is 0 Å². The summed E-state index contributed by atoms with van der Waals surface area (Å²) in [4.78, 5) is 10.5. The Morgan fingerprint density at radius 3 is 2.00 bits per heavy atom. The first kappa shape index (κ1) is 31.4. The summed E-state index contributed by atoms with van der Waals surface area (Å²) >= 11 is 0. The van der Waals surface area contributed by atoms with Crippen LogP contribution >= 0.6 is 0 Å². The van der Waals surface area contributed by atoms with Crippen LogP contribution in [0.2, 0.25) is 0 Å². The quantitative estimate of drug-likeness (QED) is 0.179. The third-order valence-corrected chi connectivity index (χ3v) is 11.6. The molecule has 2 aromatic heterocycles. The second-order valence-corrected chi connectivity index (χ2v) is 14.6. The van der Waals surface area contributed by atoms with Crippen LogP contribution in [0.5, 0.6) is 0 Å². The van der Waals surface area contributed by atoms with Gasteiger partial charge in [-0.1, -0.05) is 158 Å². The lowest BCUT2D eigenvalue weighted by Crippen LogP contribution is -2.22. The third-order valence-electron chi connectivity index (χ3n) is 11.6. The van der Waals surface area contributed by atoms with Gasteiger partial charge in [0.1, 0.15) is 11.2 Å². The molecule has 10 aromatic rings. The normalized spacial score (nSPS) is 14.7. The molecule has 3 nitrogen and oxygen atoms in total. The van der Waals surface area contributed by atoms with Crippen molar-refractivity contribution in [3.63, 3.8) is 0 Å². The number of benzene rings is 8. The first-order valence-electron chi connectivity index (χ1n) is 18.8. The average Bonchev–Trinajstić information content (AvgIpc) is 3.77. The predicted octanol–water partition coefficient (Wildman–Crippen LogP) is 13.5. The predicted molar refractivity (Wildman–Crippen MR) is 226 cm³/mol. The second-order valence-electron chi connectivity index (χ2n) is 14.6. The van der Waals surface area contributed by atoms with Gasteiger partial charge in [0.2, 0.25) is 0 Å².